The van der Waals surface area contributed by atoms with Crippen molar-refractivity contribution >= 4 is 5.97 Å². The van der Waals surface area contributed by atoms with E-state index in [1.807, 2.05) is 0 Å². The van der Waals surface area contributed by atoms with Gasteiger partial charge in [0, 0.05) is 0 Å². The number of hydrogen-bond acceptors (Lipinski definition) is 2. The second kappa shape index (κ2) is 2.24. The summed E-state index contributed by atoms with van der Waals surface area (Å²) in [7, 11) is 0. The lowest BCUT2D eigenvalue weighted by Crippen LogP contribution is -2.48. The van der Waals surface area contributed by atoms with Crippen LogP contribution in [0.3, 0.4) is 0 Å². The van der Waals surface area contributed by atoms with Crippen LogP contribution in [0.2, 0.25) is 0 Å². The summed E-state index contributed by atoms with van der Waals surface area (Å²) >= 11 is 0. The van der Waals surface area contributed by atoms with Crippen LogP contribution in [0.5, 0.6) is 0 Å². The first-order chi connectivity index (χ1) is 5.86. The zero-order valence-corrected chi connectivity index (χ0v) is 7.16. The van der Waals surface area contributed by atoms with Crippen LogP contribution in [-0.4, -0.2) is 12.6 Å². The Morgan fingerprint density at radius 3 is 2.83 bits per heavy atom. The standard InChI is InChI=1S/C10H14O2/c11-10-9-7-2-1-6(3-4-12-10)8(9)5-7/h6-9H,1-5H2. The van der Waals surface area contributed by atoms with Crippen LogP contribution in [0, 0.1) is 23.7 Å². The van der Waals surface area contributed by atoms with Crippen molar-refractivity contribution in [3.05, 3.63) is 0 Å². The van der Waals surface area contributed by atoms with Crippen LogP contribution < -0.4 is 0 Å². The third kappa shape index (κ3) is 0.732. The maximum atomic E-state index is 11.4. The van der Waals surface area contributed by atoms with E-state index >= 15 is 0 Å². The topological polar surface area (TPSA) is 26.3 Å². The second-order valence-corrected chi connectivity index (χ2v) is 4.48. The van der Waals surface area contributed by atoms with E-state index in [9.17, 15) is 4.79 Å². The van der Waals surface area contributed by atoms with Gasteiger partial charge in [-0.2, -0.15) is 0 Å². The molecule has 0 amide bonds. The van der Waals surface area contributed by atoms with E-state index in [0.29, 0.717) is 24.4 Å². The zero-order valence-electron chi connectivity index (χ0n) is 7.16. The van der Waals surface area contributed by atoms with Gasteiger partial charge >= 0.3 is 5.97 Å². The molecule has 0 aromatic heterocycles. The van der Waals surface area contributed by atoms with Crippen molar-refractivity contribution in [2.24, 2.45) is 23.7 Å². The van der Waals surface area contributed by atoms with Gasteiger partial charge in [0.15, 0.2) is 0 Å². The number of rotatable bonds is 0. The number of fused-ring (bicyclic) bond motifs is 1. The Kier molecular flexibility index (Phi) is 1.29. The van der Waals surface area contributed by atoms with Gasteiger partial charge in [0.1, 0.15) is 0 Å². The molecule has 66 valence electrons. The summed E-state index contributed by atoms with van der Waals surface area (Å²) in [5.41, 5.74) is 0. The van der Waals surface area contributed by atoms with E-state index in [1.54, 1.807) is 0 Å². The summed E-state index contributed by atoms with van der Waals surface area (Å²) in [6.07, 6.45) is 5.06. The van der Waals surface area contributed by atoms with Crippen molar-refractivity contribution in [1.82, 2.24) is 0 Å². The Hall–Kier alpha value is -0.530. The van der Waals surface area contributed by atoms with Crippen molar-refractivity contribution in [2.75, 3.05) is 6.61 Å². The monoisotopic (exact) mass is 166 g/mol. The number of esters is 1. The van der Waals surface area contributed by atoms with Gasteiger partial charge in [-0.15, -0.1) is 0 Å². The molecule has 2 heteroatoms. The second-order valence-electron chi connectivity index (χ2n) is 4.48. The molecule has 0 radical (unpaired) electrons. The molecular formula is C10H14O2. The molecule has 3 saturated carbocycles. The SMILES string of the molecule is O=C1OCCC2CCC3CC2C13. The number of hydrogen-bond donors (Lipinski definition) is 0. The summed E-state index contributed by atoms with van der Waals surface area (Å²) in [5, 5.41) is 0. The molecule has 4 fully saturated rings. The van der Waals surface area contributed by atoms with Gasteiger partial charge in [0.05, 0.1) is 12.5 Å². The Balaban J connectivity index is 1.91. The molecule has 1 aliphatic heterocycles. The molecule has 2 nitrogen and oxygen atoms in total. The summed E-state index contributed by atoms with van der Waals surface area (Å²) < 4.78 is 5.18. The Bertz CT molecular complexity index is 222. The van der Waals surface area contributed by atoms with Gasteiger partial charge in [0.2, 0.25) is 0 Å². The summed E-state index contributed by atoms with van der Waals surface area (Å²) in [6.45, 7) is 0.684. The molecule has 4 rings (SSSR count). The summed E-state index contributed by atoms with van der Waals surface area (Å²) in [6, 6.07) is 0. The molecule has 4 bridgehead atoms. The lowest BCUT2D eigenvalue weighted by Gasteiger charge is -2.50. The van der Waals surface area contributed by atoms with Crippen LogP contribution in [0.1, 0.15) is 25.7 Å². The lowest BCUT2D eigenvalue weighted by molar-refractivity contribution is -0.160. The predicted molar refractivity (Wildman–Crippen MR) is 43.4 cm³/mol. The number of ether oxygens (including phenoxy) is 1. The fourth-order valence-corrected chi connectivity index (χ4v) is 3.35. The van der Waals surface area contributed by atoms with Crippen LogP contribution in [0.25, 0.3) is 0 Å². The van der Waals surface area contributed by atoms with Crippen LogP contribution >= 0.6 is 0 Å². The molecule has 4 unspecified atom stereocenters. The molecule has 0 spiro atoms. The van der Waals surface area contributed by atoms with Crippen molar-refractivity contribution in [3.63, 3.8) is 0 Å². The number of carbonyl (C=O) groups excluding carboxylic acids is 1. The molecule has 1 saturated heterocycles. The van der Waals surface area contributed by atoms with E-state index in [0.717, 1.165) is 12.3 Å². The average Bonchev–Trinajstić information content (AvgIpc) is 2.09. The Morgan fingerprint density at radius 1 is 1.17 bits per heavy atom. The van der Waals surface area contributed by atoms with E-state index in [-0.39, 0.29) is 5.97 Å². The Labute approximate surface area is 72.3 Å². The highest BCUT2D eigenvalue weighted by Crippen LogP contribution is 2.55. The average molecular weight is 166 g/mol. The van der Waals surface area contributed by atoms with E-state index in [4.69, 9.17) is 4.74 Å². The van der Waals surface area contributed by atoms with Crippen LogP contribution in [0.15, 0.2) is 0 Å². The summed E-state index contributed by atoms with van der Waals surface area (Å²) in [5.74, 6) is 2.63. The minimum absolute atomic E-state index is 0.110. The fraction of sp³-hybridized carbons (Fsp3) is 0.900. The molecule has 0 aromatic rings. The van der Waals surface area contributed by atoms with Gasteiger partial charge in [0.25, 0.3) is 0 Å². The van der Waals surface area contributed by atoms with Gasteiger partial charge in [-0.25, -0.2) is 0 Å². The first kappa shape index (κ1) is 6.93. The van der Waals surface area contributed by atoms with Crippen molar-refractivity contribution in [1.29, 1.82) is 0 Å². The quantitative estimate of drug-likeness (QED) is 0.511. The zero-order chi connectivity index (χ0) is 8.13. The molecule has 3 aliphatic carbocycles. The van der Waals surface area contributed by atoms with E-state index in [2.05, 4.69) is 0 Å². The third-order valence-corrected chi connectivity index (χ3v) is 4.06. The molecular weight excluding hydrogens is 152 g/mol. The third-order valence-electron chi connectivity index (χ3n) is 4.06. The fourth-order valence-electron chi connectivity index (χ4n) is 3.35. The minimum atomic E-state index is 0.110. The Morgan fingerprint density at radius 2 is 2.00 bits per heavy atom. The van der Waals surface area contributed by atoms with Crippen molar-refractivity contribution in [2.45, 2.75) is 25.7 Å². The smallest absolute Gasteiger partial charge is 0.309 e. The largest absolute Gasteiger partial charge is 0.465 e. The summed E-state index contributed by atoms with van der Waals surface area (Å²) in [4.78, 5) is 11.4. The number of carbonyl (C=O) groups is 1. The maximum absolute atomic E-state index is 11.4. The van der Waals surface area contributed by atoms with Crippen LogP contribution in [-0.2, 0) is 9.53 Å². The minimum Gasteiger partial charge on any atom is -0.465 e. The van der Waals surface area contributed by atoms with E-state index < -0.39 is 0 Å². The first-order valence-electron chi connectivity index (χ1n) is 5.03. The first-order valence-corrected chi connectivity index (χ1v) is 5.03. The normalized spacial score (nSPS) is 50.5. The molecule has 0 aromatic carbocycles. The van der Waals surface area contributed by atoms with Crippen LogP contribution in [0.4, 0.5) is 0 Å². The highest BCUT2D eigenvalue weighted by Gasteiger charge is 2.53. The highest BCUT2D eigenvalue weighted by atomic mass is 16.5. The van der Waals surface area contributed by atoms with Gasteiger partial charge in [-0.1, -0.05) is 0 Å². The maximum Gasteiger partial charge on any atom is 0.309 e. The van der Waals surface area contributed by atoms with E-state index in [1.165, 1.54) is 19.3 Å². The highest BCUT2D eigenvalue weighted by molar-refractivity contribution is 5.75. The van der Waals surface area contributed by atoms with Crippen molar-refractivity contribution in [3.8, 4) is 0 Å². The van der Waals surface area contributed by atoms with Gasteiger partial charge in [-0.3, -0.25) is 4.79 Å². The van der Waals surface area contributed by atoms with Crippen molar-refractivity contribution < 1.29 is 9.53 Å². The molecule has 4 atom stereocenters. The van der Waals surface area contributed by atoms with Gasteiger partial charge in [-0.05, 0) is 43.4 Å². The molecule has 12 heavy (non-hydrogen) atoms. The molecule has 1 heterocycles. The molecule has 4 aliphatic rings. The predicted octanol–water partition coefficient (Wildman–Crippen LogP) is 1.60. The van der Waals surface area contributed by atoms with Gasteiger partial charge < -0.3 is 4.74 Å². The lowest BCUT2D eigenvalue weighted by atomic mass is 9.53. The number of cyclic esters (lactones) is 1. The molecule has 0 N–H and O–H groups in total.